The highest BCUT2D eigenvalue weighted by atomic mass is 19.2. The van der Waals surface area contributed by atoms with Crippen LogP contribution in [0.1, 0.15) is 15.9 Å². The predicted molar refractivity (Wildman–Crippen MR) is 91.9 cm³/mol. The van der Waals surface area contributed by atoms with Crippen LogP contribution in [-0.4, -0.2) is 10.9 Å². The van der Waals surface area contributed by atoms with Crippen LogP contribution in [0.25, 0.3) is 11.1 Å². The molecule has 3 N–H and O–H groups in total. The first kappa shape index (κ1) is 16.6. The van der Waals surface area contributed by atoms with Gasteiger partial charge in [0.1, 0.15) is 0 Å². The normalized spacial score (nSPS) is 10.5. The molecule has 1 aromatic heterocycles. The van der Waals surface area contributed by atoms with Gasteiger partial charge in [0, 0.05) is 30.1 Å². The topological polar surface area (TPSA) is 68.0 Å². The molecule has 0 saturated carbocycles. The molecule has 0 saturated heterocycles. The Morgan fingerprint density at radius 2 is 1.84 bits per heavy atom. The number of nitrogens with zero attached hydrogens (tertiary/aromatic N) is 1. The van der Waals surface area contributed by atoms with E-state index in [1.54, 1.807) is 30.6 Å². The molecule has 0 aliphatic heterocycles. The van der Waals surface area contributed by atoms with Gasteiger partial charge in [0.2, 0.25) is 5.91 Å². The first-order chi connectivity index (χ1) is 12.0. The summed E-state index contributed by atoms with van der Waals surface area (Å²) in [5.74, 6) is -2.25. The number of hydrogen-bond acceptors (Lipinski definition) is 3. The predicted octanol–water partition coefficient (Wildman–Crippen LogP) is 3.74. The highest BCUT2D eigenvalue weighted by Crippen LogP contribution is 2.23. The van der Waals surface area contributed by atoms with Crippen molar-refractivity contribution in [3.63, 3.8) is 0 Å². The molecule has 0 aliphatic rings. The Balaban J connectivity index is 1.78. The van der Waals surface area contributed by atoms with E-state index in [9.17, 15) is 13.6 Å². The molecule has 0 spiro atoms. The van der Waals surface area contributed by atoms with Crippen molar-refractivity contribution in [2.24, 2.45) is 5.73 Å². The molecular weight excluding hydrogens is 324 g/mol. The molecule has 0 bridgehead atoms. The maximum absolute atomic E-state index is 13.2. The summed E-state index contributed by atoms with van der Waals surface area (Å²) in [6.45, 7) is 0.323. The summed E-state index contributed by atoms with van der Waals surface area (Å²) in [7, 11) is 0. The molecule has 0 unspecified atom stereocenters. The zero-order valence-electron chi connectivity index (χ0n) is 13.2. The zero-order chi connectivity index (χ0) is 17.8. The van der Waals surface area contributed by atoms with Crippen molar-refractivity contribution in [2.75, 3.05) is 5.32 Å². The number of nitrogens with one attached hydrogen (secondary N) is 1. The molecule has 1 amide bonds. The molecule has 6 heteroatoms. The molecule has 0 radical (unpaired) electrons. The van der Waals surface area contributed by atoms with Gasteiger partial charge in [-0.15, -0.1) is 0 Å². The average Bonchev–Trinajstić information content (AvgIpc) is 2.63. The molecule has 3 rings (SSSR count). The summed E-state index contributed by atoms with van der Waals surface area (Å²) in [6.07, 6.45) is 3.30. The van der Waals surface area contributed by atoms with E-state index in [1.165, 1.54) is 6.07 Å². The van der Waals surface area contributed by atoms with Gasteiger partial charge >= 0.3 is 0 Å². The van der Waals surface area contributed by atoms with Gasteiger partial charge in [-0.05, 0) is 41.5 Å². The van der Waals surface area contributed by atoms with Gasteiger partial charge in [0.05, 0.1) is 5.69 Å². The molecule has 1 heterocycles. The number of pyridine rings is 1. The van der Waals surface area contributed by atoms with Crippen LogP contribution in [0.15, 0.2) is 60.9 Å². The van der Waals surface area contributed by atoms with Gasteiger partial charge in [-0.25, -0.2) is 8.78 Å². The second kappa shape index (κ2) is 7.09. The van der Waals surface area contributed by atoms with Crippen LogP contribution in [0.3, 0.4) is 0 Å². The second-order valence-corrected chi connectivity index (χ2v) is 5.51. The lowest BCUT2D eigenvalue weighted by molar-refractivity contribution is 0.100. The van der Waals surface area contributed by atoms with Crippen molar-refractivity contribution >= 4 is 11.6 Å². The number of carbonyl (C=O) groups excluding carboxylic acids is 1. The summed E-state index contributed by atoms with van der Waals surface area (Å²) >= 11 is 0. The minimum Gasteiger partial charge on any atom is -0.380 e. The Kier molecular flexibility index (Phi) is 4.70. The maximum atomic E-state index is 13.2. The van der Waals surface area contributed by atoms with Crippen LogP contribution in [0, 0.1) is 11.6 Å². The number of nitrogens with two attached hydrogens (primary N) is 1. The molecule has 25 heavy (non-hydrogen) atoms. The van der Waals surface area contributed by atoms with E-state index in [4.69, 9.17) is 5.73 Å². The monoisotopic (exact) mass is 339 g/mol. The fraction of sp³-hybridized carbons (Fsp3) is 0.0526. The van der Waals surface area contributed by atoms with E-state index in [2.05, 4.69) is 10.3 Å². The van der Waals surface area contributed by atoms with E-state index in [1.807, 2.05) is 12.1 Å². The lowest BCUT2D eigenvalue weighted by Crippen LogP contribution is -2.10. The van der Waals surface area contributed by atoms with Crippen molar-refractivity contribution in [1.29, 1.82) is 0 Å². The fourth-order valence-electron chi connectivity index (χ4n) is 2.40. The minimum absolute atomic E-state index is 0.323. The third kappa shape index (κ3) is 3.98. The number of benzene rings is 2. The number of aromatic nitrogens is 1. The van der Waals surface area contributed by atoms with Crippen LogP contribution < -0.4 is 11.1 Å². The lowest BCUT2D eigenvalue weighted by atomic mass is 10.0. The summed E-state index contributed by atoms with van der Waals surface area (Å²) in [5, 5.41) is 3.11. The van der Waals surface area contributed by atoms with Crippen molar-refractivity contribution in [3.05, 3.63) is 83.7 Å². The minimum atomic E-state index is -0.880. The molecule has 3 aromatic rings. The van der Waals surface area contributed by atoms with E-state index in [0.717, 1.165) is 23.3 Å². The van der Waals surface area contributed by atoms with Crippen molar-refractivity contribution in [2.45, 2.75) is 6.54 Å². The summed E-state index contributed by atoms with van der Waals surface area (Å²) < 4.78 is 26.2. The van der Waals surface area contributed by atoms with Gasteiger partial charge in [-0.3, -0.25) is 9.78 Å². The molecular formula is C19H15F2N3O. The number of hydrogen-bond donors (Lipinski definition) is 2. The SMILES string of the molecule is NC(=O)c1cccc(-c2cncc(NCc3ccc(F)c(F)c3)c2)c1. The quantitative estimate of drug-likeness (QED) is 0.744. The standard InChI is InChI=1S/C19H15F2N3O/c20-17-5-4-12(6-18(17)21)9-24-16-8-15(10-23-11-16)13-2-1-3-14(7-13)19(22)25/h1-8,10-11,24H,9H2,(H2,22,25). The van der Waals surface area contributed by atoms with Gasteiger partial charge in [0.15, 0.2) is 11.6 Å². The molecule has 0 fully saturated rings. The molecule has 126 valence electrons. The Morgan fingerprint density at radius 3 is 2.60 bits per heavy atom. The number of carbonyl (C=O) groups is 1. The van der Waals surface area contributed by atoms with Crippen molar-refractivity contribution < 1.29 is 13.6 Å². The zero-order valence-corrected chi connectivity index (χ0v) is 13.2. The van der Waals surface area contributed by atoms with E-state index in [0.29, 0.717) is 23.4 Å². The molecule has 2 aromatic carbocycles. The van der Waals surface area contributed by atoms with E-state index in [-0.39, 0.29) is 0 Å². The Labute approximate surface area is 143 Å². The van der Waals surface area contributed by atoms with Crippen LogP contribution in [0.2, 0.25) is 0 Å². The summed E-state index contributed by atoms with van der Waals surface area (Å²) in [5.41, 5.74) is 8.65. The van der Waals surface area contributed by atoms with Crippen molar-refractivity contribution in [3.8, 4) is 11.1 Å². The average molecular weight is 339 g/mol. The summed E-state index contributed by atoms with van der Waals surface area (Å²) in [6, 6.07) is 12.5. The van der Waals surface area contributed by atoms with Crippen LogP contribution in [-0.2, 0) is 6.54 Å². The molecule has 4 nitrogen and oxygen atoms in total. The van der Waals surface area contributed by atoms with E-state index >= 15 is 0 Å². The van der Waals surface area contributed by atoms with Gasteiger partial charge in [-0.1, -0.05) is 18.2 Å². The number of anilines is 1. The number of amides is 1. The fourth-order valence-corrected chi connectivity index (χ4v) is 2.40. The summed E-state index contributed by atoms with van der Waals surface area (Å²) in [4.78, 5) is 15.5. The lowest BCUT2D eigenvalue weighted by Gasteiger charge is -2.09. The Hall–Kier alpha value is -3.28. The van der Waals surface area contributed by atoms with Gasteiger partial charge in [-0.2, -0.15) is 0 Å². The largest absolute Gasteiger partial charge is 0.380 e. The van der Waals surface area contributed by atoms with E-state index < -0.39 is 17.5 Å². The van der Waals surface area contributed by atoms with Crippen LogP contribution in [0.5, 0.6) is 0 Å². The molecule has 0 atom stereocenters. The Bertz CT molecular complexity index is 928. The first-order valence-electron chi connectivity index (χ1n) is 7.56. The maximum Gasteiger partial charge on any atom is 0.248 e. The number of rotatable bonds is 5. The third-order valence-corrected chi connectivity index (χ3v) is 3.70. The van der Waals surface area contributed by atoms with Crippen LogP contribution in [0.4, 0.5) is 14.5 Å². The van der Waals surface area contributed by atoms with Crippen LogP contribution >= 0.6 is 0 Å². The molecule has 0 aliphatic carbocycles. The number of halogens is 2. The van der Waals surface area contributed by atoms with Gasteiger partial charge in [0.25, 0.3) is 0 Å². The van der Waals surface area contributed by atoms with Gasteiger partial charge < -0.3 is 11.1 Å². The Morgan fingerprint density at radius 1 is 1.00 bits per heavy atom. The highest BCUT2D eigenvalue weighted by Gasteiger charge is 2.06. The van der Waals surface area contributed by atoms with Crippen molar-refractivity contribution in [1.82, 2.24) is 4.98 Å². The smallest absolute Gasteiger partial charge is 0.248 e. The number of primary amides is 1. The third-order valence-electron chi connectivity index (χ3n) is 3.70. The second-order valence-electron chi connectivity index (χ2n) is 5.51. The first-order valence-corrected chi connectivity index (χ1v) is 7.56. The highest BCUT2D eigenvalue weighted by molar-refractivity contribution is 5.94.